The zero-order valence-corrected chi connectivity index (χ0v) is 10.3. The summed E-state index contributed by atoms with van der Waals surface area (Å²) in [4.78, 5) is 11.3. The topological polar surface area (TPSA) is 17.1 Å². The van der Waals surface area contributed by atoms with Crippen LogP contribution in [0.15, 0.2) is 41.3 Å². The van der Waals surface area contributed by atoms with Crippen LogP contribution >= 0.6 is 11.8 Å². The van der Waals surface area contributed by atoms with Gasteiger partial charge < -0.3 is 0 Å². The average molecular weight is 238 g/mol. The molecule has 0 saturated carbocycles. The SMILES string of the molecule is CC(=O)C=CCC(C)Sc1ccccc1F. The molecule has 0 N–H and O–H groups in total. The molecule has 0 aliphatic heterocycles. The summed E-state index contributed by atoms with van der Waals surface area (Å²) in [7, 11) is 0. The van der Waals surface area contributed by atoms with E-state index in [1.807, 2.05) is 19.1 Å². The second-order valence-electron chi connectivity index (χ2n) is 3.61. The van der Waals surface area contributed by atoms with Gasteiger partial charge in [0.25, 0.3) is 0 Å². The van der Waals surface area contributed by atoms with E-state index in [-0.39, 0.29) is 16.9 Å². The van der Waals surface area contributed by atoms with E-state index in [4.69, 9.17) is 0 Å². The van der Waals surface area contributed by atoms with E-state index in [0.717, 1.165) is 6.42 Å². The summed E-state index contributed by atoms with van der Waals surface area (Å²) < 4.78 is 13.3. The number of hydrogen-bond acceptors (Lipinski definition) is 2. The van der Waals surface area contributed by atoms with E-state index in [2.05, 4.69) is 0 Å². The van der Waals surface area contributed by atoms with Crippen LogP contribution in [-0.2, 0) is 4.79 Å². The van der Waals surface area contributed by atoms with Gasteiger partial charge >= 0.3 is 0 Å². The molecule has 16 heavy (non-hydrogen) atoms. The van der Waals surface area contributed by atoms with Crippen LogP contribution in [0.5, 0.6) is 0 Å². The summed E-state index contributed by atoms with van der Waals surface area (Å²) in [6.07, 6.45) is 4.15. The zero-order chi connectivity index (χ0) is 12.0. The van der Waals surface area contributed by atoms with Crippen molar-refractivity contribution in [1.29, 1.82) is 0 Å². The van der Waals surface area contributed by atoms with Crippen molar-refractivity contribution in [3.63, 3.8) is 0 Å². The monoisotopic (exact) mass is 238 g/mol. The first-order chi connectivity index (χ1) is 7.59. The standard InChI is InChI=1S/C13H15FOS/c1-10(15)6-5-7-11(2)16-13-9-4-3-8-12(13)14/h3-6,8-9,11H,7H2,1-2H3. The van der Waals surface area contributed by atoms with Crippen molar-refractivity contribution < 1.29 is 9.18 Å². The van der Waals surface area contributed by atoms with Crippen LogP contribution in [0.3, 0.4) is 0 Å². The Balaban J connectivity index is 2.49. The molecule has 0 aliphatic rings. The molecular weight excluding hydrogens is 223 g/mol. The molecule has 1 atom stereocenters. The minimum absolute atomic E-state index is 0.0445. The maximum Gasteiger partial charge on any atom is 0.152 e. The fraction of sp³-hybridized carbons (Fsp3) is 0.308. The van der Waals surface area contributed by atoms with Crippen LogP contribution in [0.25, 0.3) is 0 Å². The summed E-state index contributed by atoms with van der Waals surface area (Å²) in [6.45, 7) is 3.53. The van der Waals surface area contributed by atoms with Gasteiger partial charge in [-0.05, 0) is 31.6 Å². The smallest absolute Gasteiger partial charge is 0.152 e. The minimum Gasteiger partial charge on any atom is -0.295 e. The molecule has 1 aromatic carbocycles. The highest BCUT2D eigenvalue weighted by Gasteiger charge is 2.06. The van der Waals surface area contributed by atoms with Gasteiger partial charge in [0.1, 0.15) is 5.82 Å². The maximum absolute atomic E-state index is 13.3. The molecule has 86 valence electrons. The van der Waals surface area contributed by atoms with Crippen molar-refractivity contribution in [1.82, 2.24) is 0 Å². The number of rotatable bonds is 5. The lowest BCUT2D eigenvalue weighted by Crippen LogP contribution is -1.95. The number of ketones is 1. The lowest BCUT2D eigenvalue weighted by molar-refractivity contribution is -0.112. The zero-order valence-electron chi connectivity index (χ0n) is 9.44. The van der Waals surface area contributed by atoms with Gasteiger partial charge in [0, 0.05) is 10.1 Å². The molecule has 0 aliphatic carbocycles. The second kappa shape index (κ2) is 6.48. The van der Waals surface area contributed by atoms with Crippen LogP contribution in [0.4, 0.5) is 4.39 Å². The van der Waals surface area contributed by atoms with Crippen LogP contribution in [0, 0.1) is 5.82 Å². The number of benzene rings is 1. The average Bonchev–Trinajstić information content (AvgIpc) is 2.21. The highest BCUT2D eigenvalue weighted by Crippen LogP contribution is 2.27. The van der Waals surface area contributed by atoms with Crippen molar-refractivity contribution in [3.05, 3.63) is 42.2 Å². The second-order valence-corrected chi connectivity index (χ2v) is 5.09. The first kappa shape index (κ1) is 13.0. The van der Waals surface area contributed by atoms with E-state index in [0.29, 0.717) is 4.90 Å². The molecule has 0 amide bonds. The number of allylic oxidation sites excluding steroid dienone is 2. The first-order valence-electron chi connectivity index (χ1n) is 5.18. The van der Waals surface area contributed by atoms with Gasteiger partial charge in [-0.25, -0.2) is 4.39 Å². The van der Waals surface area contributed by atoms with Crippen molar-refractivity contribution in [2.75, 3.05) is 0 Å². The Hall–Kier alpha value is -1.09. The third-order valence-corrected chi connectivity index (χ3v) is 3.17. The summed E-state index contributed by atoms with van der Waals surface area (Å²) in [6, 6.07) is 6.73. The van der Waals surface area contributed by atoms with Gasteiger partial charge in [0.15, 0.2) is 5.78 Å². The minimum atomic E-state index is -0.185. The number of thioether (sulfide) groups is 1. The van der Waals surface area contributed by atoms with E-state index < -0.39 is 0 Å². The Kier molecular flexibility index (Phi) is 5.26. The molecule has 0 radical (unpaired) electrons. The van der Waals surface area contributed by atoms with E-state index in [9.17, 15) is 9.18 Å². The van der Waals surface area contributed by atoms with E-state index in [1.165, 1.54) is 24.8 Å². The van der Waals surface area contributed by atoms with Crippen LogP contribution in [0.1, 0.15) is 20.3 Å². The molecular formula is C13H15FOS. The fourth-order valence-corrected chi connectivity index (χ4v) is 2.21. The lowest BCUT2D eigenvalue weighted by Gasteiger charge is -2.08. The molecule has 0 spiro atoms. The Morgan fingerprint density at radius 3 is 2.81 bits per heavy atom. The predicted octanol–water partition coefficient (Wildman–Crippen LogP) is 3.84. The molecule has 1 aromatic rings. The van der Waals surface area contributed by atoms with Crippen LogP contribution < -0.4 is 0 Å². The molecule has 0 heterocycles. The Labute approximate surface area is 99.7 Å². The number of hydrogen-bond donors (Lipinski definition) is 0. The summed E-state index contributed by atoms with van der Waals surface area (Å²) in [5.41, 5.74) is 0. The van der Waals surface area contributed by atoms with Crippen molar-refractivity contribution in [3.8, 4) is 0 Å². The van der Waals surface area contributed by atoms with Gasteiger partial charge in [-0.2, -0.15) is 0 Å². The third-order valence-electron chi connectivity index (χ3n) is 1.99. The number of halogens is 1. The first-order valence-corrected chi connectivity index (χ1v) is 6.06. The lowest BCUT2D eigenvalue weighted by atomic mass is 10.3. The molecule has 0 saturated heterocycles. The van der Waals surface area contributed by atoms with Gasteiger partial charge in [-0.15, -0.1) is 11.8 Å². The van der Waals surface area contributed by atoms with E-state index >= 15 is 0 Å². The maximum atomic E-state index is 13.3. The summed E-state index contributed by atoms with van der Waals surface area (Å²) >= 11 is 1.48. The van der Waals surface area contributed by atoms with Crippen LogP contribution in [-0.4, -0.2) is 11.0 Å². The van der Waals surface area contributed by atoms with Crippen molar-refractivity contribution in [2.24, 2.45) is 0 Å². The molecule has 3 heteroatoms. The van der Waals surface area contributed by atoms with Gasteiger partial charge in [0.05, 0.1) is 0 Å². The Bertz CT molecular complexity index is 387. The normalized spacial score (nSPS) is 12.9. The number of carbonyl (C=O) groups is 1. The molecule has 1 rings (SSSR count). The fourth-order valence-electron chi connectivity index (χ4n) is 1.23. The molecule has 0 bridgehead atoms. The van der Waals surface area contributed by atoms with Gasteiger partial charge in [-0.1, -0.05) is 25.1 Å². The Morgan fingerprint density at radius 1 is 1.50 bits per heavy atom. The van der Waals surface area contributed by atoms with Gasteiger partial charge in [0.2, 0.25) is 0 Å². The summed E-state index contributed by atoms with van der Waals surface area (Å²) in [5.74, 6) is -0.141. The molecule has 0 aromatic heterocycles. The predicted molar refractivity (Wildman–Crippen MR) is 66.2 cm³/mol. The summed E-state index contributed by atoms with van der Waals surface area (Å²) in [5, 5.41) is 0.257. The number of carbonyl (C=O) groups excluding carboxylic acids is 1. The highest BCUT2D eigenvalue weighted by molar-refractivity contribution is 8.00. The van der Waals surface area contributed by atoms with Gasteiger partial charge in [-0.3, -0.25) is 4.79 Å². The van der Waals surface area contributed by atoms with E-state index in [1.54, 1.807) is 18.2 Å². The van der Waals surface area contributed by atoms with Crippen molar-refractivity contribution in [2.45, 2.75) is 30.4 Å². The molecule has 1 unspecified atom stereocenters. The third kappa shape index (κ3) is 4.62. The quantitative estimate of drug-likeness (QED) is 0.572. The Morgan fingerprint density at radius 2 is 2.19 bits per heavy atom. The molecule has 0 fully saturated rings. The van der Waals surface area contributed by atoms with Crippen LogP contribution in [0.2, 0.25) is 0 Å². The van der Waals surface area contributed by atoms with Crippen molar-refractivity contribution >= 4 is 17.5 Å². The highest BCUT2D eigenvalue weighted by atomic mass is 32.2. The molecule has 1 nitrogen and oxygen atoms in total. The largest absolute Gasteiger partial charge is 0.295 e.